The molecule has 1 spiro atoms. The molecular weight excluding hydrogens is 126 g/mol. The van der Waals surface area contributed by atoms with Crippen LogP contribution in [0.2, 0.25) is 0 Å². The van der Waals surface area contributed by atoms with Crippen LogP contribution in [0.3, 0.4) is 0 Å². The van der Waals surface area contributed by atoms with E-state index in [-0.39, 0.29) is 0 Å². The first-order valence-electron chi connectivity index (χ1n) is 4.22. The number of aliphatic hydroxyl groups excluding tert-OH is 1. The lowest BCUT2D eigenvalue weighted by Crippen LogP contribution is -2.45. The van der Waals surface area contributed by atoms with Crippen molar-refractivity contribution in [3.63, 3.8) is 0 Å². The van der Waals surface area contributed by atoms with Gasteiger partial charge in [0.15, 0.2) is 0 Å². The summed E-state index contributed by atoms with van der Waals surface area (Å²) >= 11 is 0. The van der Waals surface area contributed by atoms with Gasteiger partial charge in [-0.25, -0.2) is 0 Å². The van der Waals surface area contributed by atoms with Gasteiger partial charge in [-0.1, -0.05) is 0 Å². The van der Waals surface area contributed by atoms with Gasteiger partial charge in [-0.15, -0.1) is 0 Å². The van der Waals surface area contributed by atoms with Gasteiger partial charge in [0.2, 0.25) is 0 Å². The van der Waals surface area contributed by atoms with Gasteiger partial charge in [0.25, 0.3) is 0 Å². The number of hydrogen-bond donors (Lipinski definition) is 2. The summed E-state index contributed by atoms with van der Waals surface area (Å²) in [6.07, 6.45) is 5.32. The molecule has 2 N–H and O–H groups in total. The van der Waals surface area contributed by atoms with E-state index in [1.807, 2.05) is 0 Å². The van der Waals surface area contributed by atoms with Crippen molar-refractivity contribution < 1.29 is 5.11 Å². The average Bonchev–Trinajstić information content (AvgIpc) is 2.71. The van der Waals surface area contributed by atoms with Crippen LogP contribution in [0.4, 0.5) is 0 Å². The summed E-state index contributed by atoms with van der Waals surface area (Å²) in [5.74, 6) is 0. The quantitative estimate of drug-likeness (QED) is 0.557. The molecule has 1 saturated heterocycles. The second-order valence-electron chi connectivity index (χ2n) is 3.66. The molecule has 2 aliphatic rings. The standard InChI is InChI=1S/C8H15NO/c10-6-7-8(3-4-8)2-1-5-9-7/h7,9-10H,1-6H2. The van der Waals surface area contributed by atoms with Crippen molar-refractivity contribution in [3.8, 4) is 0 Å². The van der Waals surface area contributed by atoms with Gasteiger partial charge in [0.1, 0.15) is 0 Å². The molecule has 0 bridgehead atoms. The number of aliphatic hydroxyl groups is 1. The maximum Gasteiger partial charge on any atom is 0.0590 e. The van der Waals surface area contributed by atoms with E-state index >= 15 is 0 Å². The molecule has 2 fully saturated rings. The predicted octanol–water partition coefficient (Wildman–Crippen LogP) is 0.511. The largest absolute Gasteiger partial charge is 0.395 e. The molecule has 1 aliphatic carbocycles. The maximum absolute atomic E-state index is 9.00. The van der Waals surface area contributed by atoms with Crippen LogP contribution in [0.1, 0.15) is 25.7 Å². The van der Waals surface area contributed by atoms with Gasteiger partial charge in [0, 0.05) is 6.04 Å². The fourth-order valence-corrected chi connectivity index (χ4v) is 2.12. The van der Waals surface area contributed by atoms with Gasteiger partial charge < -0.3 is 10.4 Å². The second kappa shape index (κ2) is 2.21. The van der Waals surface area contributed by atoms with Gasteiger partial charge in [-0.3, -0.25) is 0 Å². The molecule has 1 atom stereocenters. The zero-order chi connectivity index (χ0) is 7.03. The van der Waals surface area contributed by atoms with E-state index in [4.69, 9.17) is 5.11 Å². The van der Waals surface area contributed by atoms with E-state index in [1.165, 1.54) is 25.7 Å². The van der Waals surface area contributed by atoms with E-state index in [1.54, 1.807) is 0 Å². The molecule has 1 unspecified atom stereocenters. The molecular formula is C8H15NO. The molecule has 0 aromatic rings. The Balaban J connectivity index is 2.01. The molecule has 2 rings (SSSR count). The fourth-order valence-electron chi connectivity index (χ4n) is 2.12. The summed E-state index contributed by atoms with van der Waals surface area (Å²) < 4.78 is 0. The highest BCUT2D eigenvalue weighted by atomic mass is 16.3. The third-order valence-corrected chi connectivity index (χ3v) is 3.06. The van der Waals surface area contributed by atoms with Gasteiger partial charge >= 0.3 is 0 Å². The Hall–Kier alpha value is -0.0800. The second-order valence-corrected chi connectivity index (χ2v) is 3.66. The van der Waals surface area contributed by atoms with Crippen molar-refractivity contribution in [2.24, 2.45) is 5.41 Å². The van der Waals surface area contributed by atoms with Crippen LogP contribution >= 0.6 is 0 Å². The number of rotatable bonds is 1. The van der Waals surface area contributed by atoms with Crippen molar-refractivity contribution >= 4 is 0 Å². The summed E-state index contributed by atoms with van der Waals surface area (Å²) in [4.78, 5) is 0. The Morgan fingerprint density at radius 1 is 1.40 bits per heavy atom. The monoisotopic (exact) mass is 141 g/mol. The average molecular weight is 141 g/mol. The zero-order valence-corrected chi connectivity index (χ0v) is 6.27. The molecule has 2 nitrogen and oxygen atoms in total. The van der Waals surface area contributed by atoms with Crippen LogP contribution in [-0.2, 0) is 0 Å². The summed E-state index contributed by atoms with van der Waals surface area (Å²) in [6.45, 7) is 1.44. The molecule has 2 heteroatoms. The molecule has 1 heterocycles. The van der Waals surface area contributed by atoms with Crippen molar-refractivity contribution in [1.29, 1.82) is 0 Å². The van der Waals surface area contributed by atoms with E-state index in [2.05, 4.69) is 5.32 Å². The number of piperidine rings is 1. The van der Waals surface area contributed by atoms with Crippen LogP contribution in [0.25, 0.3) is 0 Å². The Morgan fingerprint density at radius 2 is 2.20 bits per heavy atom. The summed E-state index contributed by atoms with van der Waals surface area (Å²) in [5.41, 5.74) is 0.535. The topological polar surface area (TPSA) is 32.3 Å². The van der Waals surface area contributed by atoms with Gasteiger partial charge in [-0.05, 0) is 37.6 Å². The minimum Gasteiger partial charge on any atom is -0.395 e. The summed E-state index contributed by atoms with van der Waals surface area (Å²) in [5, 5.41) is 12.4. The Labute approximate surface area is 61.6 Å². The van der Waals surface area contributed by atoms with Crippen LogP contribution in [0.5, 0.6) is 0 Å². The lowest BCUT2D eigenvalue weighted by atomic mass is 9.88. The van der Waals surface area contributed by atoms with E-state index in [0.717, 1.165) is 6.54 Å². The third kappa shape index (κ3) is 0.867. The molecule has 0 amide bonds. The first-order valence-corrected chi connectivity index (χ1v) is 4.22. The Morgan fingerprint density at radius 3 is 2.70 bits per heavy atom. The Kier molecular flexibility index (Phi) is 1.46. The molecule has 58 valence electrons. The van der Waals surface area contributed by atoms with Crippen LogP contribution in [0.15, 0.2) is 0 Å². The Bertz CT molecular complexity index is 131. The van der Waals surface area contributed by atoms with Crippen molar-refractivity contribution in [2.75, 3.05) is 13.2 Å². The smallest absolute Gasteiger partial charge is 0.0590 e. The fraction of sp³-hybridized carbons (Fsp3) is 1.00. The normalized spacial score (nSPS) is 36.3. The highest BCUT2D eigenvalue weighted by molar-refractivity contribution is 5.03. The highest BCUT2D eigenvalue weighted by Crippen LogP contribution is 2.53. The van der Waals surface area contributed by atoms with Crippen molar-refractivity contribution in [3.05, 3.63) is 0 Å². The molecule has 0 aromatic heterocycles. The van der Waals surface area contributed by atoms with Crippen LogP contribution < -0.4 is 5.32 Å². The highest BCUT2D eigenvalue weighted by Gasteiger charge is 2.49. The number of nitrogens with one attached hydrogen (secondary N) is 1. The maximum atomic E-state index is 9.00. The molecule has 0 radical (unpaired) electrons. The number of hydrogen-bond acceptors (Lipinski definition) is 2. The predicted molar refractivity (Wildman–Crippen MR) is 39.8 cm³/mol. The molecule has 1 aliphatic heterocycles. The first kappa shape index (κ1) is 6.62. The third-order valence-electron chi connectivity index (χ3n) is 3.06. The van der Waals surface area contributed by atoms with Crippen LogP contribution in [0, 0.1) is 5.41 Å². The lowest BCUT2D eigenvalue weighted by Gasteiger charge is -2.31. The summed E-state index contributed by atoms with van der Waals surface area (Å²) in [7, 11) is 0. The van der Waals surface area contributed by atoms with E-state index in [0.29, 0.717) is 18.1 Å². The van der Waals surface area contributed by atoms with Crippen LogP contribution in [-0.4, -0.2) is 24.3 Å². The van der Waals surface area contributed by atoms with E-state index < -0.39 is 0 Å². The van der Waals surface area contributed by atoms with Gasteiger partial charge in [-0.2, -0.15) is 0 Å². The zero-order valence-electron chi connectivity index (χ0n) is 6.27. The molecule has 0 aromatic carbocycles. The van der Waals surface area contributed by atoms with Gasteiger partial charge in [0.05, 0.1) is 6.61 Å². The minimum absolute atomic E-state index is 0.333. The first-order chi connectivity index (χ1) is 4.87. The van der Waals surface area contributed by atoms with Crippen molar-refractivity contribution in [1.82, 2.24) is 5.32 Å². The summed E-state index contributed by atoms with van der Waals surface area (Å²) in [6, 6.07) is 0.418. The minimum atomic E-state index is 0.333. The van der Waals surface area contributed by atoms with E-state index in [9.17, 15) is 0 Å². The molecule has 1 saturated carbocycles. The molecule has 10 heavy (non-hydrogen) atoms. The van der Waals surface area contributed by atoms with Crippen molar-refractivity contribution in [2.45, 2.75) is 31.7 Å². The SMILES string of the molecule is OCC1NCCCC12CC2. The lowest BCUT2D eigenvalue weighted by molar-refractivity contribution is 0.157.